The predicted molar refractivity (Wildman–Crippen MR) is 158 cm³/mol. The van der Waals surface area contributed by atoms with E-state index in [9.17, 15) is 4.79 Å². The van der Waals surface area contributed by atoms with E-state index in [0.717, 1.165) is 46.0 Å². The number of hydrogen-bond donors (Lipinski definition) is 2. The Labute approximate surface area is 234 Å². The van der Waals surface area contributed by atoms with E-state index in [1.54, 1.807) is 17.3 Å². The number of nitrogens with two attached hydrogens (primary N) is 1. The highest BCUT2D eigenvalue weighted by molar-refractivity contribution is 5.99. The molecule has 1 amide bonds. The first kappa shape index (κ1) is 27.2. The van der Waals surface area contributed by atoms with Crippen LogP contribution in [0.5, 0.6) is 11.6 Å². The summed E-state index contributed by atoms with van der Waals surface area (Å²) in [5.74, 6) is 1.63. The maximum absolute atomic E-state index is 12.6. The quantitative estimate of drug-likeness (QED) is 0.276. The lowest BCUT2D eigenvalue weighted by Gasteiger charge is -2.34. The van der Waals surface area contributed by atoms with E-state index < -0.39 is 5.60 Å². The first-order valence-electron chi connectivity index (χ1n) is 13.6. The molecule has 0 saturated carbocycles. The van der Waals surface area contributed by atoms with Gasteiger partial charge in [0.2, 0.25) is 11.8 Å². The number of anilines is 2. The monoisotopic (exact) mass is 540 g/mol. The Kier molecular flexibility index (Phi) is 7.47. The summed E-state index contributed by atoms with van der Waals surface area (Å²) >= 11 is 0. The van der Waals surface area contributed by atoms with Gasteiger partial charge in [-0.2, -0.15) is 0 Å². The Morgan fingerprint density at radius 3 is 2.60 bits per heavy atom. The standard InChI is InChI=1S/C31H36N6O3/c1-19-10-13-23-22(26(19)32)12-11-20(2)27(23)39-28-24(9-6-15-33-28)25-14-16-34-29(36-25)35-21-8-7-17-37(18-21)30(38)40-31(3,4)5/h6,9-16,21H,7-8,17-18,32H2,1-5H3,(H,34,35,36)/t21-/m0/s1. The van der Waals surface area contributed by atoms with Gasteiger partial charge in [0.05, 0.1) is 11.3 Å². The predicted octanol–water partition coefficient (Wildman–Crippen LogP) is 6.49. The first-order valence-corrected chi connectivity index (χ1v) is 13.6. The number of amides is 1. The van der Waals surface area contributed by atoms with Gasteiger partial charge in [-0.05, 0) is 76.8 Å². The lowest BCUT2D eigenvalue weighted by Crippen LogP contribution is -2.47. The van der Waals surface area contributed by atoms with E-state index in [4.69, 9.17) is 20.2 Å². The van der Waals surface area contributed by atoms with Crippen molar-refractivity contribution in [3.05, 3.63) is 66.0 Å². The van der Waals surface area contributed by atoms with Crippen LogP contribution in [0.1, 0.15) is 44.7 Å². The number of hydrogen-bond acceptors (Lipinski definition) is 8. The molecule has 0 unspecified atom stereocenters. The van der Waals surface area contributed by atoms with Crippen molar-refractivity contribution in [2.24, 2.45) is 0 Å². The minimum atomic E-state index is -0.533. The zero-order valence-electron chi connectivity index (χ0n) is 23.7. The van der Waals surface area contributed by atoms with Crippen molar-refractivity contribution < 1.29 is 14.3 Å². The third-order valence-electron chi connectivity index (χ3n) is 6.92. The number of benzene rings is 2. The van der Waals surface area contributed by atoms with E-state index in [-0.39, 0.29) is 12.1 Å². The summed E-state index contributed by atoms with van der Waals surface area (Å²) < 4.78 is 12.0. The van der Waals surface area contributed by atoms with Gasteiger partial charge < -0.3 is 25.4 Å². The maximum atomic E-state index is 12.6. The molecule has 1 aliphatic heterocycles. The average molecular weight is 541 g/mol. The zero-order chi connectivity index (χ0) is 28.4. The molecule has 9 heteroatoms. The van der Waals surface area contributed by atoms with Crippen molar-refractivity contribution in [1.82, 2.24) is 19.9 Å². The normalized spacial score (nSPS) is 15.6. The number of ether oxygens (including phenoxy) is 2. The number of nitrogen functional groups attached to an aromatic ring is 1. The van der Waals surface area contributed by atoms with Gasteiger partial charge in [-0.25, -0.2) is 19.7 Å². The van der Waals surface area contributed by atoms with E-state index in [0.29, 0.717) is 36.4 Å². The summed E-state index contributed by atoms with van der Waals surface area (Å²) in [7, 11) is 0. The molecule has 0 radical (unpaired) electrons. The van der Waals surface area contributed by atoms with E-state index in [1.165, 1.54) is 0 Å². The fraction of sp³-hybridized carbons (Fsp3) is 0.355. The molecule has 1 fully saturated rings. The van der Waals surface area contributed by atoms with Crippen LogP contribution in [0.4, 0.5) is 16.4 Å². The molecule has 208 valence electrons. The van der Waals surface area contributed by atoms with Gasteiger partial charge in [0, 0.05) is 48.0 Å². The smallest absolute Gasteiger partial charge is 0.410 e. The Balaban J connectivity index is 1.39. The minimum absolute atomic E-state index is 0.00776. The fourth-order valence-corrected chi connectivity index (χ4v) is 4.87. The Hall–Kier alpha value is -4.40. The van der Waals surface area contributed by atoms with Crippen LogP contribution >= 0.6 is 0 Å². The maximum Gasteiger partial charge on any atom is 0.410 e. The van der Waals surface area contributed by atoms with Crippen LogP contribution in [0.2, 0.25) is 0 Å². The lowest BCUT2D eigenvalue weighted by atomic mass is 10.0. The molecule has 40 heavy (non-hydrogen) atoms. The third kappa shape index (κ3) is 5.93. The Bertz CT molecular complexity index is 1550. The molecule has 1 saturated heterocycles. The summed E-state index contributed by atoms with van der Waals surface area (Å²) in [6, 6.07) is 13.7. The number of nitrogens with one attached hydrogen (secondary N) is 1. The molecule has 1 atom stereocenters. The molecule has 4 aromatic rings. The summed E-state index contributed by atoms with van der Waals surface area (Å²) in [6.07, 6.45) is 4.88. The second-order valence-corrected chi connectivity index (χ2v) is 11.2. The van der Waals surface area contributed by atoms with Crippen molar-refractivity contribution >= 4 is 28.5 Å². The average Bonchev–Trinajstić information content (AvgIpc) is 2.92. The van der Waals surface area contributed by atoms with Crippen molar-refractivity contribution in [3.63, 3.8) is 0 Å². The van der Waals surface area contributed by atoms with E-state index >= 15 is 0 Å². The van der Waals surface area contributed by atoms with Crippen molar-refractivity contribution in [1.29, 1.82) is 0 Å². The summed E-state index contributed by atoms with van der Waals surface area (Å²) in [6.45, 7) is 10.8. The van der Waals surface area contributed by atoms with Crippen LogP contribution in [-0.4, -0.2) is 50.7 Å². The topological polar surface area (TPSA) is 115 Å². The highest BCUT2D eigenvalue weighted by Gasteiger charge is 2.28. The zero-order valence-corrected chi connectivity index (χ0v) is 23.7. The molecule has 3 N–H and O–H groups in total. The molecule has 5 rings (SSSR count). The largest absolute Gasteiger partial charge is 0.444 e. The van der Waals surface area contributed by atoms with Crippen molar-refractivity contribution in [2.75, 3.05) is 24.1 Å². The van der Waals surface area contributed by atoms with Crippen molar-refractivity contribution in [3.8, 4) is 22.9 Å². The van der Waals surface area contributed by atoms with Crippen LogP contribution in [0.15, 0.2) is 54.9 Å². The number of fused-ring (bicyclic) bond motifs is 1. The van der Waals surface area contributed by atoms with Crippen LogP contribution in [-0.2, 0) is 4.74 Å². The van der Waals surface area contributed by atoms with Crippen LogP contribution < -0.4 is 15.8 Å². The van der Waals surface area contributed by atoms with Crippen LogP contribution in [0.25, 0.3) is 22.0 Å². The number of pyridine rings is 1. The Morgan fingerprint density at radius 1 is 1.02 bits per heavy atom. The molecule has 0 aliphatic carbocycles. The highest BCUT2D eigenvalue weighted by atomic mass is 16.6. The van der Waals surface area contributed by atoms with Gasteiger partial charge in [0.1, 0.15) is 11.4 Å². The van der Waals surface area contributed by atoms with Gasteiger partial charge in [-0.3, -0.25) is 0 Å². The van der Waals surface area contributed by atoms with Gasteiger partial charge >= 0.3 is 6.09 Å². The molecular weight excluding hydrogens is 504 g/mol. The van der Waals surface area contributed by atoms with Crippen molar-refractivity contribution in [2.45, 2.75) is 59.1 Å². The van der Waals surface area contributed by atoms with Gasteiger partial charge in [0.15, 0.2) is 0 Å². The Morgan fingerprint density at radius 2 is 1.80 bits per heavy atom. The molecular formula is C31H36N6O3. The van der Waals surface area contributed by atoms with E-state index in [1.807, 2.05) is 77.1 Å². The SMILES string of the molecule is Cc1ccc2c(Oc3ncccc3-c3ccnc(N[C@H]4CCCN(C(=O)OC(C)(C)C)C4)n3)c(C)ccc2c1N. The van der Waals surface area contributed by atoms with Gasteiger partial charge in [0.25, 0.3) is 0 Å². The molecule has 9 nitrogen and oxygen atoms in total. The summed E-state index contributed by atoms with van der Waals surface area (Å²) in [5.41, 5.74) is 9.99. The number of rotatable bonds is 5. The summed E-state index contributed by atoms with van der Waals surface area (Å²) in [5, 5.41) is 5.28. The number of carbonyl (C=O) groups is 1. The number of piperidine rings is 1. The molecule has 1 aliphatic rings. The van der Waals surface area contributed by atoms with Crippen LogP contribution in [0.3, 0.4) is 0 Å². The number of nitrogens with zero attached hydrogens (tertiary/aromatic N) is 4. The summed E-state index contributed by atoms with van der Waals surface area (Å²) in [4.78, 5) is 28.1. The number of likely N-dealkylation sites (tertiary alicyclic amines) is 1. The number of aromatic nitrogens is 3. The minimum Gasteiger partial charge on any atom is -0.444 e. The molecule has 2 aromatic heterocycles. The second-order valence-electron chi connectivity index (χ2n) is 11.2. The van der Waals surface area contributed by atoms with E-state index in [2.05, 4.69) is 15.3 Å². The first-order chi connectivity index (χ1) is 19.1. The van der Waals surface area contributed by atoms with Gasteiger partial charge in [-0.15, -0.1) is 0 Å². The molecule has 2 aromatic carbocycles. The number of aryl methyl sites for hydroxylation is 2. The molecule has 3 heterocycles. The van der Waals surface area contributed by atoms with Gasteiger partial charge in [-0.1, -0.05) is 24.3 Å². The van der Waals surface area contributed by atoms with Crippen LogP contribution in [0, 0.1) is 13.8 Å². The lowest BCUT2D eigenvalue weighted by molar-refractivity contribution is 0.0206. The fourth-order valence-electron chi connectivity index (χ4n) is 4.87. The molecule has 0 spiro atoms. The third-order valence-corrected chi connectivity index (χ3v) is 6.92. The highest BCUT2D eigenvalue weighted by Crippen LogP contribution is 2.38. The number of carbonyl (C=O) groups excluding carboxylic acids is 1. The second kappa shape index (κ2) is 11.0. The molecule has 0 bridgehead atoms.